The SMILES string of the molecule is CC(N)c1ccc(C(=O)Nc2cccnc2)cc1. The molecule has 18 heavy (non-hydrogen) atoms. The molecule has 92 valence electrons. The second-order valence-corrected chi connectivity index (χ2v) is 4.11. The summed E-state index contributed by atoms with van der Waals surface area (Å²) in [5.41, 5.74) is 8.04. The lowest BCUT2D eigenvalue weighted by Crippen LogP contribution is -2.12. The zero-order chi connectivity index (χ0) is 13.0. The first-order chi connectivity index (χ1) is 8.66. The Balaban J connectivity index is 2.10. The van der Waals surface area contributed by atoms with E-state index in [1.165, 1.54) is 0 Å². The topological polar surface area (TPSA) is 68.0 Å². The third-order valence-corrected chi connectivity index (χ3v) is 2.62. The number of nitrogens with two attached hydrogens (primary N) is 1. The largest absolute Gasteiger partial charge is 0.324 e. The first kappa shape index (κ1) is 12.3. The van der Waals surface area contributed by atoms with Crippen LogP contribution in [0.4, 0.5) is 5.69 Å². The molecule has 0 fully saturated rings. The Morgan fingerprint density at radius 1 is 1.28 bits per heavy atom. The fourth-order valence-corrected chi connectivity index (χ4v) is 1.58. The van der Waals surface area contributed by atoms with Crippen LogP contribution in [0.15, 0.2) is 48.8 Å². The number of pyridine rings is 1. The average Bonchev–Trinajstić information content (AvgIpc) is 2.40. The van der Waals surface area contributed by atoms with Gasteiger partial charge in [-0.1, -0.05) is 12.1 Å². The summed E-state index contributed by atoms with van der Waals surface area (Å²) in [5.74, 6) is -0.153. The number of hydrogen-bond acceptors (Lipinski definition) is 3. The Bertz CT molecular complexity index is 520. The maximum atomic E-state index is 11.9. The highest BCUT2D eigenvalue weighted by Crippen LogP contribution is 2.12. The number of carbonyl (C=O) groups is 1. The lowest BCUT2D eigenvalue weighted by Gasteiger charge is -2.07. The molecular weight excluding hydrogens is 226 g/mol. The molecule has 0 aliphatic carbocycles. The molecule has 2 aromatic rings. The number of benzene rings is 1. The Hall–Kier alpha value is -2.20. The van der Waals surface area contributed by atoms with Crippen molar-refractivity contribution in [3.63, 3.8) is 0 Å². The molecule has 1 amide bonds. The monoisotopic (exact) mass is 241 g/mol. The zero-order valence-corrected chi connectivity index (χ0v) is 10.1. The van der Waals surface area contributed by atoms with Crippen molar-refractivity contribution in [3.8, 4) is 0 Å². The van der Waals surface area contributed by atoms with Crippen molar-refractivity contribution in [2.75, 3.05) is 5.32 Å². The van der Waals surface area contributed by atoms with Gasteiger partial charge in [-0.15, -0.1) is 0 Å². The van der Waals surface area contributed by atoms with Crippen LogP contribution in [0.1, 0.15) is 28.9 Å². The van der Waals surface area contributed by atoms with Crippen LogP contribution >= 0.6 is 0 Å². The van der Waals surface area contributed by atoms with Crippen molar-refractivity contribution in [3.05, 3.63) is 59.9 Å². The molecule has 4 heteroatoms. The number of nitrogens with zero attached hydrogens (tertiary/aromatic N) is 1. The fourth-order valence-electron chi connectivity index (χ4n) is 1.58. The van der Waals surface area contributed by atoms with Gasteiger partial charge in [-0.05, 0) is 36.8 Å². The van der Waals surface area contributed by atoms with Gasteiger partial charge in [0.2, 0.25) is 0 Å². The summed E-state index contributed by atoms with van der Waals surface area (Å²) < 4.78 is 0. The van der Waals surface area contributed by atoms with E-state index >= 15 is 0 Å². The molecule has 1 atom stereocenters. The molecule has 1 heterocycles. The molecule has 0 saturated carbocycles. The minimum absolute atomic E-state index is 0.0274. The fraction of sp³-hybridized carbons (Fsp3) is 0.143. The molecule has 1 aromatic carbocycles. The van der Waals surface area contributed by atoms with Gasteiger partial charge >= 0.3 is 0 Å². The summed E-state index contributed by atoms with van der Waals surface area (Å²) in [6.07, 6.45) is 3.27. The molecule has 0 radical (unpaired) electrons. The van der Waals surface area contributed by atoms with E-state index < -0.39 is 0 Å². The van der Waals surface area contributed by atoms with E-state index in [0.717, 1.165) is 5.56 Å². The normalized spacial score (nSPS) is 11.9. The van der Waals surface area contributed by atoms with Gasteiger partial charge in [-0.25, -0.2) is 0 Å². The maximum absolute atomic E-state index is 11.9. The molecule has 0 bridgehead atoms. The predicted octanol–water partition coefficient (Wildman–Crippen LogP) is 2.35. The number of carbonyl (C=O) groups excluding carboxylic acids is 1. The summed E-state index contributed by atoms with van der Waals surface area (Å²) in [7, 11) is 0. The highest BCUT2D eigenvalue weighted by atomic mass is 16.1. The van der Waals surface area contributed by atoms with Crippen LogP contribution in [0.2, 0.25) is 0 Å². The first-order valence-corrected chi connectivity index (χ1v) is 5.74. The van der Waals surface area contributed by atoms with Crippen LogP contribution in [-0.2, 0) is 0 Å². The van der Waals surface area contributed by atoms with Crippen molar-refractivity contribution in [2.45, 2.75) is 13.0 Å². The Kier molecular flexibility index (Phi) is 3.69. The Labute approximate surface area is 106 Å². The molecule has 3 N–H and O–H groups in total. The second kappa shape index (κ2) is 5.42. The number of amides is 1. The van der Waals surface area contributed by atoms with E-state index in [2.05, 4.69) is 10.3 Å². The lowest BCUT2D eigenvalue weighted by atomic mass is 10.1. The summed E-state index contributed by atoms with van der Waals surface area (Å²) in [5, 5.41) is 2.77. The van der Waals surface area contributed by atoms with Crippen molar-refractivity contribution >= 4 is 11.6 Å². The van der Waals surface area contributed by atoms with Gasteiger partial charge in [-0.3, -0.25) is 9.78 Å². The van der Waals surface area contributed by atoms with E-state index in [4.69, 9.17) is 5.73 Å². The first-order valence-electron chi connectivity index (χ1n) is 5.74. The van der Waals surface area contributed by atoms with Gasteiger partial charge in [-0.2, -0.15) is 0 Å². The van der Waals surface area contributed by atoms with Crippen LogP contribution in [-0.4, -0.2) is 10.9 Å². The van der Waals surface area contributed by atoms with E-state index in [1.54, 1.807) is 36.7 Å². The summed E-state index contributed by atoms with van der Waals surface area (Å²) >= 11 is 0. The molecule has 0 aliphatic rings. The molecule has 1 unspecified atom stereocenters. The van der Waals surface area contributed by atoms with Crippen LogP contribution in [0.3, 0.4) is 0 Å². The minimum atomic E-state index is -0.153. The second-order valence-electron chi connectivity index (χ2n) is 4.11. The maximum Gasteiger partial charge on any atom is 0.255 e. The average molecular weight is 241 g/mol. The minimum Gasteiger partial charge on any atom is -0.324 e. The summed E-state index contributed by atoms with van der Waals surface area (Å²) in [6.45, 7) is 1.91. The number of nitrogens with one attached hydrogen (secondary N) is 1. The third-order valence-electron chi connectivity index (χ3n) is 2.62. The quantitative estimate of drug-likeness (QED) is 0.866. The predicted molar refractivity (Wildman–Crippen MR) is 71.2 cm³/mol. The van der Waals surface area contributed by atoms with E-state index in [0.29, 0.717) is 11.3 Å². The highest BCUT2D eigenvalue weighted by molar-refractivity contribution is 6.04. The molecule has 0 saturated heterocycles. The third kappa shape index (κ3) is 2.93. The van der Waals surface area contributed by atoms with Crippen LogP contribution < -0.4 is 11.1 Å². The van der Waals surface area contributed by atoms with Gasteiger partial charge in [0, 0.05) is 17.8 Å². The van der Waals surface area contributed by atoms with Crippen LogP contribution in [0, 0.1) is 0 Å². The lowest BCUT2D eigenvalue weighted by molar-refractivity contribution is 0.102. The van der Waals surface area contributed by atoms with Gasteiger partial charge in [0.25, 0.3) is 5.91 Å². The smallest absolute Gasteiger partial charge is 0.255 e. The van der Waals surface area contributed by atoms with Crippen LogP contribution in [0.5, 0.6) is 0 Å². The number of hydrogen-bond donors (Lipinski definition) is 2. The molecule has 1 aromatic heterocycles. The van der Waals surface area contributed by atoms with E-state index in [1.807, 2.05) is 19.1 Å². The standard InChI is InChI=1S/C14H15N3O/c1-10(15)11-4-6-12(7-5-11)14(18)17-13-3-2-8-16-9-13/h2-10H,15H2,1H3,(H,17,18). The van der Waals surface area contributed by atoms with Crippen molar-refractivity contribution in [1.29, 1.82) is 0 Å². The molecule has 2 rings (SSSR count). The summed E-state index contributed by atoms with van der Waals surface area (Å²) in [4.78, 5) is 15.9. The van der Waals surface area contributed by atoms with Gasteiger partial charge in [0.05, 0.1) is 11.9 Å². The van der Waals surface area contributed by atoms with Crippen molar-refractivity contribution in [2.24, 2.45) is 5.73 Å². The van der Waals surface area contributed by atoms with E-state index in [-0.39, 0.29) is 11.9 Å². The summed E-state index contributed by atoms with van der Waals surface area (Å²) in [6, 6.07) is 10.8. The Morgan fingerprint density at radius 2 is 2.00 bits per heavy atom. The number of rotatable bonds is 3. The van der Waals surface area contributed by atoms with Gasteiger partial charge in [0.15, 0.2) is 0 Å². The van der Waals surface area contributed by atoms with Crippen molar-refractivity contribution in [1.82, 2.24) is 4.98 Å². The van der Waals surface area contributed by atoms with Crippen LogP contribution in [0.25, 0.3) is 0 Å². The highest BCUT2D eigenvalue weighted by Gasteiger charge is 2.06. The van der Waals surface area contributed by atoms with E-state index in [9.17, 15) is 4.79 Å². The van der Waals surface area contributed by atoms with Crippen molar-refractivity contribution < 1.29 is 4.79 Å². The van der Waals surface area contributed by atoms with Gasteiger partial charge < -0.3 is 11.1 Å². The Morgan fingerprint density at radius 3 is 2.56 bits per heavy atom. The van der Waals surface area contributed by atoms with Gasteiger partial charge in [0.1, 0.15) is 0 Å². The molecular formula is C14H15N3O. The molecule has 0 aliphatic heterocycles. The zero-order valence-electron chi connectivity index (χ0n) is 10.1. The molecule has 0 spiro atoms. The number of aromatic nitrogens is 1. The molecule has 4 nitrogen and oxygen atoms in total. The number of anilines is 1.